The average molecular weight is 440 g/mol. The lowest BCUT2D eigenvalue weighted by molar-refractivity contribution is -0.131. The van der Waals surface area contributed by atoms with Crippen molar-refractivity contribution in [2.75, 3.05) is 52.5 Å². The number of nitrogens with zero attached hydrogens (tertiary/aromatic N) is 1. The minimum absolute atomic E-state index is 0.0568. The highest BCUT2D eigenvalue weighted by molar-refractivity contribution is 5.76. The van der Waals surface area contributed by atoms with Crippen LogP contribution in [-0.4, -0.2) is 63.3 Å². The fourth-order valence-corrected chi connectivity index (χ4v) is 3.66. The molecular weight excluding hydrogens is 386 g/mol. The molecule has 0 atom stereocenters. The van der Waals surface area contributed by atoms with E-state index in [0.717, 1.165) is 64.6 Å². The second-order valence-corrected chi connectivity index (χ2v) is 9.33. The summed E-state index contributed by atoms with van der Waals surface area (Å²) in [6, 6.07) is 0. The molecule has 0 fully saturated rings. The molecule has 0 unspecified atom stereocenters. The van der Waals surface area contributed by atoms with Crippen LogP contribution in [0.25, 0.3) is 0 Å². The summed E-state index contributed by atoms with van der Waals surface area (Å²) in [6.07, 6.45) is 12.1. The highest BCUT2D eigenvalue weighted by atomic mass is 16.5. The lowest BCUT2D eigenvalue weighted by atomic mass is 9.88. The van der Waals surface area contributed by atoms with Gasteiger partial charge in [0, 0.05) is 39.2 Å². The molecule has 184 valence electrons. The summed E-state index contributed by atoms with van der Waals surface area (Å²) in [6.45, 7) is 20.0. The van der Waals surface area contributed by atoms with Crippen molar-refractivity contribution in [1.29, 1.82) is 0 Å². The van der Waals surface area contributed by atoms with Gasteiger partial charge in [0.2, 0.25) is 5.91 Å². The molecule has 0 aromatic carbocycles. The maximum absolute atomic E-state index is 12.5. The zero-order valence-electron chi connectivity index (χ0n) is 21.6. The highest BCUT2D eigenvalue weighted by Gasteiger charge is 2.21. The van der Waals surface area contributed by atoms with E-state index in [0.29, 0.717) is 13.0 Å². The fraction of sp³-hybridized carbons (Fsp3) is 0.885. The van der Waals surface area contributed by atoms with Crippen molar-refractivity contribution < 1.29 is 9.53 Å². The Morgan fingerprint density at radius 1 is 1.00 bits per heavy atom. The third-order valence-electron chi connectivity index (χ3n) is 6.04. The summed E-state index contributed by atoms with van der Waals surface area (Å²) in [5.74, 6) is 1.16. The molecule has 2 N–H and O–H groups in total. The van der Waals surface area contributed by atoms with Gasteiger partial charge in [-0.3, -0.25) is 4.79 Å². The number of rotatable bonds is 21. The monoisotopic (exact) mass is 439 g/mol. The molecule has 1 amide bonds. The molecule has 0 bridgehead atoms. The van der Waals surface area contributed by atoms with E-state index in [1.54, 1.807) is 0 Å². The van der Waals surface area contributed by atoms with Crippen LogP contribution in [0.4, 0.5) is 0 Å². The van der Waals surface area contributed by atoms with Crippen LogP contribution in [0.3, 0.4) is 0 Å². The molecule has 0 aliphatic rings. The number of carbonyl (C=O) groups excluding carboxylic acids is 1. The number of hydrogen-bond acceptors (Lipinski definition) is 4. The summed E-state index contributed by atoms with van der Waals surface area (Å²) in [5, 5.41) is 6.94. The van der Waals surface area contributed by atoms with Crippen LogP contribution >= 0.6 is 0 Å². The van der Waals surface area contributed by atoms with Gasteiger partial charge in [0.05, 0.1) is 6.61 Å². The van der Waals surface area contributed by atoms with Gasteiger partial charge in [-0.15, -0.1) is 0 Å². The molecule has 0 aliphatic heterocycles. The molecular formula is C26H53N3O2. The van der Waals surface area contributed by atoms with E-state index in [2.05, 4.69) is 57.4 Å². The molecule has 0 saturated heterocycles. The Morgan fingerprint density at radius 2 is 1.61 bits per heavy atom. The fourth-order valence-electron chi connectivity index (χ4n) is 3.66. The topological polar surface area (TPSA) is 53.6 Å². The van der Waals surface area contributed by atoms with Crippen LogP contribution in [0, 0.1) is 11.3 Å². The first-order valence-corrected chi connectivity index (χ1v) is 12.8. The van der Waals surface area contributed by atoms with Gasteiger partial charge in [0.15, 0.2) is 0 Å². The number of ether oxygens (including phenoxy) is 1. The standard InChI is InChI=1S/C26H53N3O2/c1-7-24(8-2)15-13-20-27-18-11-12-19-28-21-14-22-29(9-3)25(30)16-17-26(5,6)23-31-10-4/h11-12,24,27-28H,7-10,13-23H2,1-6H3/b12-11-. The SMILES string of the molecule is CCOCC(C)(C)CCC(=O)N(CC)CCCNC/C=C\CNCCCC(CC)CC. The molecule has 31 heavy (non-hydrogen) atoms. The Hall–Kier alpha value is -0.910. The van der Waals surface area contributed by atoms with Gasteiger partial charge >= 0.3 is 0 Å². The minimum atomic E-state index is 0.0568. The van der Waals surface area contributed by atoms with E-state index in [-0.39, 0.29) is 11.3 Å². The van der Waals surface area contributed by atoms with Crippen molar-refractivity contribution in [3.63, 3.8) is 0 Å². The molecule has 0 heterocycles. The van der Waals surface area contributed by atoms with Crippen molar-refractivity contribution in [1.82, 2.24) is 15.5 Å². The van der Waals surface area contributed by atoms with Crippen molar-refractivity contribution in [3.05, 3.63) is 12.2 Å². The van der Waals surface area contributed by atoms with E-state index >= 15 is 0 Å². The quantitative estimate of drug-likeness (QED) is 0.195. The van der Waals surface area contributed by atoms with Crippen molar-refractivity contribution in [2.45, 2.75) is 86.5 Å². The lowest BCUT2D eigenvalue weighted by Gasteiger charge is -2.26. The van der Waals surface area contributed by atoms with E-state index in [1.807, 2.05) is 11.8 Å². The van der Waals surface area contributed by atoms with Gasteiger partial charge < -0.3 is 20.3 Å². The van der Waals surface area contributed by atoms with Gasteiger partial charge in [-0.1, -0.05) is 52.7 Å². The molecule has 0 spiro atoms. The van der Waals surface area contributed by atoms with E-state index < -0.39 is 0 Å². The van der Waals surface area contributed by atoms with Crippen molar-refractivity contribution in [2.24, 2.45) is 11.3 Å². The molecule has 0 aliphatic carbocycles. The van der Waals surface area contributed by atoms with Gasteiger partial charge in [-0.2, -0.15) is 0 Å². The van der Waals surface area contributed by atoms with Gasteiger partial charge in [0.1, 0.15) is 0 Å². The molecule has 5 nitrogen and oxygen atoms in total. The van der Waals surface area contributed by atoms with Gasteiger partial charge in [-0.05, 0) is 64.0 Å². The third-order valence-corrected chi connectivity index (χ3v) is 6.04. The molecule has 0 aromatic rings. The van der Waals surface area contributed by atoms with Crippen LogP contribution in [0.1, 0.15) is 86.5 Å². The van der Waals surface area contributed by atoms with Crippen LogP contribution < -0.4 is 10.6 Å². The van der Waals surface area contributed by atoms with Crippen LogP contribution in [0.15, 0.2) is 12.2 Å². The molecule has 5 heteroatoms. The first-order valence-electron chi connectivity index (χ1n) is 12.8. The Labute approximate surface area is 193 Å². The highest BCUT2D eigenvalue weighted by Crippen LogP contribution is 2.23. The lowest BCUT2D eigenvalue weighted by Crippen LogP contribution is -2.34. The Balaban J connectivity index is 3.76. The largest absolute Gasteiger partial charge is 0.381 e. The van der Waals surface area contributed by atoms with Gasteiger partial charge in [-0.25, -0.2) is 0 Å². The molecule has 0 radical (unpaired) electrons. The van der Waals surface area contributed by atoms with Crippen LogP contribution in [-0.2, 0) is 9.53 Å². The first kappa shape index (κ1) is 30.1. The van der Waals surface area contributed by atoms with E-state index in [1.165, 1.54) is 25.7 Å². The molecule has 0 rings (SSSR count). The number of nitrogens with one attached hydrogen (secondary N) is 2. The predicted molar refractivity (Wildman–Crippen MR) is 135 cm³/mol. The Bertz CT molecular complexity index is 448. The third kappa shape index (κ3) is 17.3. The maximum Gasteiger partial charge on any atom is 0.222 e. The van der Waals surface area contributed by atoms with E-state index in [9.17, 15) is 4.79 Å². The van der Waals surface area contributed by atoms with Crippen molar-refractivity contribution in [3.8, 4) is 0 Å². The van der Waals surface area contributed by atoms with Crippen LogP contribution in [0.5, 0.6) is 0 Å². The zero-order valence-corrected chi connectivity index (χ0v) is 21.6. The second-order valence-electron chi connectivity index (χ2n) is 9.33. The Morgan fingerprint density at radius 3 is 2.16 bits per heavy atom. The van der Waals surface area contributed by atoms with E-state index in [4.69, 9.17) is 4.74 Å². The number of hydrogen-bond donors (Lipinski definition) is 2. The summed E-state index contributed by atoms with van der Waals surface area (Å²) in [4.78, 5) is 14.5. The second kappa shape index (κ2) is 19.8. The number of carbonyl (C=O) groups is 1. The summed E-state index contributed by atoms with van der Waals surface area (Å²) in [5.41, 5.74) is 0.0568. The van der Waals surface area contributed by atoms with Crippen LogP contribution in [0.2, 0.25) is 0 Å². The van der Waals surface area contributed by atoms with Crippen molar-refractivity contribution >= 4 is 5.91 Å². The first-order chi connectivity index (χ1) is 14.9. The normalized spacial score (nSPS) is 12.2. The van der Waals surface area contributed by atoms with Gasteiger partial charge in [0.25, 0.3) is 0 Å². The molecule has 0 aromatic heterocycles. The Kier molecular flexibility index (Phi) is 19.2. The zero-order chi connectivity index (χ0) is 23.4. The average Bonchev–Trinajstić information content (AvgIpc) is 2.76. The maximum atomic E-state index is 12.5. The minimum Gasteiger partial charge on any atom is -0.381 e. The summed E-state index contributed by atoms with van der Waals surface area (Å²) >= 11 is 0. The summed E-state index contributed by atoms with van der Waals surface area (Å²) in [7, 11) is 0. The predicted octanol–water partition coefficient (Wildman–Crippen LogP) is 5.02. The summed E-state index contributed by atoms with van der Waals surface area (Å²) < 4.78 is 5.54. The molecule has 0 saturated carbocycles. The smallest absolute Gasteiger partial charge is 0.222 e. The number of amides is 1.